The molecule has 1 aromatic heterocycles. The Hall–Kier alpha value is -2.71. The van der Waals surface area contributed by atoms with Gasteiger partial charge in [0.1, 0.15) is 16.2 Å². The number of nitrogens with one attached hydrogen (secondary N) is 1. The van der Waals surface area contributed by atoms with Gasteiger partial charge in [-0.15, -0.1) is 0 Å². The van der Waals surface area contributed by atoms with Crippen molar-refractivity contribution in [1.29, 1.82) is 5.26 Å². The number of nitriles is 1. The minimum Gasteiger partial charge on any atom is -0.345 e. The van der Waals surface area contributed by atoms with Gasteiger partial charge in [0.2, 0.25) is 0 Å². The monoisotopic (exact) mass is 381 g/mol. The topological polar surface area (TPSA) is 65.8 Å². The van der Waals surface area contributed by atoms with Crippen LogP contribution in [0.4, 0.5) is 0 Å². The molecule has 1 unspecified atom stereocenters. The summed E-state index contributed by atoms with van der Waals surface area (Å²) in [6, 6.07) is 16.9. The van der Waals surface area contributed by atoms with Crippen molar-refractivity contribution in [1.82, 2.24) is 10.3 Å². The molecule has 0 radical (unpaired) electrons. The van der Waals surface area contributed by atoms with Crippen LogP contribution in [0, 0.1) is 11.3 Å². The number of rotatable bonds is 5. The molecule has 0 aliphatic heterocycles. The van der Waals surface area contributed by atoms with Gasteiger partial charge in [-0.05, 0) is 52.7 Å². The molecule has 120 valence electrons. The highest BCUT2D eigenvalue weighted by Gasteiger charge is 2.12. The van der Waals surface area contributed by atoms with Crippen LogP contribution in [0.5, 0.6) is 0 Å². The molecule has 5 heteroatoms. The van der Waals surface area contributed by atoms with Crippen molar-refractivity contribution in [2.45, 2.75) is 13.0 Å². The number of benzene rings is 1. The fraction of sp³-hybridized carbons (Fsp3) is 0.105. The highest BCUT2D eigenvalue weighted by Crippen LogP contribution is 2.12. The number of amides is 1. The van der Waals surface area contributed by atoms with Crippen LogP contribution >= 0.6 is 15.9 Å². The Morgan fingerprint density at radius 3 is 2.67 bits per heavy atom. The molecule has 1 atom stereocenters. The summed E-state index contributed by atoms with van der Waals surface area (Å²) in [7, 11) is 0. The predicted octanol–water partition coefficient (Wildman–Crippen LogP) is 4.18. The van der Waals surface area contributed by atoms with E-state index in [0.29, 0.717) is 0 Å². The number of hydrogen-bond donors (Lipinski definition) is 1. The van der Waals surface area contributed by atoms with Crippen LogP contribution in [0.1, 0.15) is 24.2 Å². The third kappa shape index (κ3) is 5.18. The Morgan fingerprint density at radius 1 is 1.25 bits per heavy atom. The predicted molar refractivity (Wildman–Crippen MR) is 97.7 cm³/mol. The Kier molecular flexibility index (Phi) is 6.47. The fourth-order valence-corrected chi connectivity index (χ4v) is 2.38. The summed E-state index contributed by atoms with van der Waals surface area (Å²) < 4.78 is 0.726. The van der Waals surface area contributed by atoms with Crippen molar-refractivity contribution in [2.75, 3.05) is 0 Å². The average Bonchev–Trinajstić information content (AvgIpc) is 2.59. The number of aromatic nitrogens is 1. The second-order valence-electron chi connectivity index (χ2n) is 5.04. The van der Waals surface area contributed by atoms with E-state index in [9.17, 15) is 10.1 Å². The molecule has 1 N–H and O–H groups in total. The molecule has 2 rings (SSSR count). The molecule has 0 fully saturated rings. The van der Waals surface area contributed by atoms with Gasteiger partial charge in [-0.2, -0.15) is 5.26 Å². The van der Waals surface area contributed by atoms with Crippen molar-refractivity contribution in [3.05, 3.63) is 82.1 Å². The summed E-state index contributed by atoms with van der Waals surface area (Å²) >= 11 is 3.29. The van der Waals surface area contributed by atoms with Gasteiger partial charge in [-0.3, -0.25) is 4.79 Å². The Morgan fingerprint density at radius 2 is 2.00 bits per heavy atom. The lowest BCUT2D eigenvalue weighted by Gasteiger charge is -2.13. The summed E-state index contributed by atoms with van der Waals surface area (Å²) in [6.45, 7) is 1.88. The Balaban J connectivity index is 2.04. The standard InChI is InChI=1S/C19H16BrN3O/c1-14(15-7-3-2-4-8-15)22-19(24)16(13-21)9-5-10-17-11-6-12-18(20)23-17/h2-12,14H,1H3,(H,22,24)/b10-5+,16-9+. The number of allylic oxidation sites excluding steroid dienone is 2. The van der Waals surface area contributed by atoms with E-state index in [1.807, 2.05) is 61.5 Å². The molecule has 24 heavy (non-hydrogen) atoms. The van der Waals surface area contributed by atoms with E-state index in [-0.39, 0.29) is 11.6 Å². The first-order chi connectivity index (χ1) is 11.6. The molecule has 2 aromatic rings. The molecule has 0 bridgehead atoms. The molecular formula is C19H16BrN3O. The molecule has 1 aromatic carbocycles. The molecule has 1 amide bonds. The van der Waals surface area contributed by atoms with Crippen LogP contribution in [0.2, 0.25) is 0 Å². The summed E-state index contributed by atoms with van der Waals surface area (Å²) in [6.07, 6.45) is 4.85. The van der Waals surface area contributed by atoms with E-state index in [2.05, 4.69) is 26.2 Å². The van der Waals surface area contributed by atoms with Gasteiger partial charge < -0.3 is 5.32 Å². The van der Waals surface area contributed by atoms with Gasteiger partial charge in [0.15, 0.2) is 0 Å². The van der Waals surface area contributed by atoms with E-state index in [1.54, 1.807) is 12.2 Å². The van der Waals surface area contributed by atoms with Crippen molar-refractivity contribution in [3.63, 3.8) is 0 Å². The maximum Gasteiger partial charge on any atom is 0.262 e. The minimum absolute atomic E-state index is 0.0454. The first-order valence-electron chi connectivity index (χ1n) is 7.37. The molecule has 0 aliphatic carbocycles. The first kappa shape index (κ1) is 17.6. The molecule has 1 heterocycles. The third-order valence-corrected chi connectivity index (χ3v) is 3.72. The number of carbonyl (C=O) groups excluding carboxylic acids is 1. The van der Waals surface area contributed by atoms with Gasteiger partial charge in [-0.1, -0.05) is 42.5 Å². The Bertz CT molecular complexity index is 807. The van der Waals surface area contributed by atoms with Gasteiger partial charge in [0, 0.05) is 0 Å². The minimum atomic E-state index is -0.402. The molecule has 0 saturated carbocycles. The quantitative estimate of drug-likeness (QED) is 0.365. The zero-order valence-electron chi connectivity index (χ0n) is 13.1. The van der Waals surface area contributed by atoms with Crippen LogP contribution < -0.4 is 5.32 Å². The van der Waals surface area contributed by atoms with Crippen LogP contribution in [0.15, 0.2) is 70.9 Å². The van der Waals surface area contributed by atoms with Crippen LogP contribution in [0.25, 0.3) is 6.08 Å². The summed E-state index contributed by atoms with van der Waals surface area (Å²) in [4.78, 5) is 16.4. The normalized spacial score (nSPS) is 12.6. The smallest absolute Gasteiger partial charge is 0.262 e. The lowest BCUT2D eigenvalue weighted by molar-refractivity contribution is -0.117. The van der Waals surface area contributed by atoms with E-state index in [1.165, 1.54) is 6.08 Å². The molecular weight excluding hydrogens is 366 g/mol. The van der Waals surface area contributed by atoms with E-state index < -0.39 is 5.91 Å². The molecule has 0 aliphatic rings. The third-order valence-electron chi connectivity index (χ3n) is 3.28. The largest absolute Gasteiger partial charge is 0.345 e. The van der Waals surface area contributed by atoms with Crippen LogP contribution in [-0.4, -0.2) is 10.9 Å². The number of carbonyl (C=O) groups is 1. The van der Waals surface area contributed by atoms with Crippen molar-refractivity contribution < 1.29 is 4.79 Å². The second-order valence-corrected chi connectivity index (χ2v) is 5.85. The molecule has 4 nitrogen and oxygen atoms in total. The zero-order valence-corrected chi connectivity index (χ0v) is 14.7. The van der Waals surface area contributed by atoms with Crippen molar-refractivity contribution in [3.8, 4) is 6.07 Å². The van der Waals surface area contributed by atoms with E-state index in [4.69, 9.17) is 0 Å². The highest BCUT2D eigenvalue weighted by molar-refractivity contribution is 9.10. The van der Waals surface area contributed by atoms with Crippen LogP contribution in [0.3, 0.4) is 0 Å². The number of nitrogens with zero attached hydrogens (tertiary/aromatic N) is 2. The van der Waals surface area contributed by atoms with Crippen molar-refractivity contribution in [2.24, 2.45) is 0 Å². The summed E-state index contributed by atoms with van der Waals surface area (Å²) in [5.41, 5.74) is 1.76. The summed E-state index contributed by atoms with van der Waals surface area (Å²) in [5.74, 6) is -0.402. The van der Waals surface area contributed by atoms with E-state index >= 15 is 0 Å². The van der Waals surface area contributed by atoms with Gasteiger partial charge in [0.25, 0.3) is 5.91 Å². The maximum atomic E-state index is 12.2. The van der Waals surface area contributed by atoms with Crippen LogP contribution in [-0.2, 0) is 4.79 Å². The van der Waals surface area contributed by atoms with Gasteiger partial charge >= 0.3 is 0 Å². The van der Waals surface area contributed by atoms with E-state index in [0.717, 1.165) is 15.9 Å². The fourth-order valence-electron chi connectivity index (χ4n) is 2.02. The maximum absolute atomic E-state index is 12.2. The highest BCUT2D eigenvalue weighted by atomic mass is 79.9. The lowest BCUT2D eigenvalue weighted by atomic mass is 10.1. The second kappa shape index (κ2) is 8.80. The number of pyridine rings is 1. The number of hydrogen-bond acceptors (Lipinski definition) is 3. The molecule has 0 saturated heterocycles. The van der Waals surface area contributed by atoms with Gasteiger partial charge in [-0.25, -0.2) is 4.98 Å². The summed E-state index contributed by atoms with van der Waals surface area (Å²) in [5, 5.41) is 12.0. The van der Waals surface area contributed by atoms with Crippen molar-refractivity contribution >= 4 is 27.9 Å². The number of halogens is 1. The van der Waals surface area contributed by atoms with Gasteiger partial charge in [0.05, 0.1) is 11.7 Å². The average molecular weight is 382 g/mol. The lowest BCUT2D eigenvalue weighted by Crippen LogP contribution is -2.27. The SMILES string of the molecule is CC(NC(=O)/C(C#N)=C/C=C/c1cccc(Br)n1)c1ccccc1. The first-order valence-corrected chi connectivity index (χ1v) is 8.16. The Labute approximate surface area is 149 Å². The zero-order chi connectivity index (χ0) is 17.4. The molecule has 0 spiro atoms.